The molecule has 33 heavy (non-hydrogen) atoms. The van der Waals surface area contributed by atoms with Crippen LogP contribution >= 0.6 is 0 Å². The van der Waals surface area contributed by atoms with Gasteiger partial charge in [0.15, 0.2) is 0 Å². The first kappa shape index (κ1) is 25.2. The summed E-state index contributed by atoms with van der Waals surface area (Å²) in [6, 6.07) is 9.60. The first-order valence-corrected chi connectivity index (χ1v) is 13.1. The molecule has 0 aromatic heterocycles. The van der Waals surface area contributed by atoms with Crippen LogP contribution in [0.15, 0.2) is 35.2 Å². The highest BCUT2D eigenvalue weighted by atomic mass is 32.2. The Morgan fingerprint density at radius 1 is 1.09 bits per heavy atom. The van der Waals surface area contributed by atoms with Gasteiger partial charge in [0.05, 0.1) is 18.0 Å². The van der Waals surface area contributed by atoms with Crippen LogP contribution in [0.4, 0.5) is 0 Å². The topological polar surface area (TPSA) is 75.7 Å². The summed E-state index contributed by atoms with van der Waals surface area (Å²) < 4.78 is 34.0. The highest BCUT2D eigenvalue weighted by Gasteiger charge is 2.35. The Hall–Kier alpha value is -2.38. The van der Waals surface area contributed by atoms with Crippen LogP contribution in [0, 0.1) is 33.6 Å². The molecular formula is C26H36N2O4S. The summed E-state index contributed by atoms with van der Waals surface area (Å²) in [5.41, 5.74) is 4.53. The van der Waals surface area contributed by atoms with Crippen LogP contribution in [0.5, 0.6) is 5.75 Å². The third-order valence-electron chi connectivity index (χ3n) is 6.96. The number of amides is 1. The van der Waals surface area contributed by atoms with E-state index in [0.717, 1.165) is 40.0 Å². The van der Waals surface area contributed by atoms with E-state index in [1.807, 2.05) is 65.0 Å². The van der Waals surface area contributed by atoms with Crippen LogP contribution in [0.2, 0.25) is 0 Å². The van der Waals surface area contributed by atoms with Gasteiger partial charge in [-0.05, 0) is 75.3 Å². The summed E-state index contributed by atoms with van der Waals surface area (Å²) in [5.74, 6) is 0.523. The predicted molar refractivity (Wildman–Crippen MR) is 131 cm³/mol. The molecule has 180 valence electrons. The Balaban J connectivity index is 1.71. The summed E-state index contributed by atoms with van der Waals surface area (Å²) in [6.45, 7) is 10.4. The maximum absolute atomic E-state index is 13.5. The molecule has 1 aliphatic heterocycles. The standard InChI is InChI=1S/C26H36N2O4S/c1-7-23(22-10-8-9-11-24(22)32-6)27-26(29)21-12-14-28(15-13-21)33(30,31)25-19(4)17(2)16-18(3)20(25)5/h8-11,16,21,23H,7,12-15H2,1-6H3,(H,27,29). The van der Waals surface area contributed by atoms with E-state index in [0.29, 0.717) is 30.8 Å². The molecule has 2 aromatic carbocycles. The highest BCUT2D eigenvalue weighted by Crippen LogP contribution is 2.32. The van der Waals surface area contributed by atoms with Gasteiger partial charge in [0.25, 0.3) is 0 Å². The van der Waals surface area contributed by atoms with Gasteiger partial charge in [-0.3, -0.25) is 4.79 Å². The third kappa shape index (κ3) is 5.09. The van der Waals surface area contributed by atoms with Crippen molar-refractivity contribution in [3.63, 3.8) is 0 Å². The van der Waals surface area contributed by atoms with Crippen LogP contribution in [-0.2, 0) is 14.8 Å². The van der Waals surface area contributed by atoms with Crippen LogP contribution < -0.4 is 10.1 Å². The number of rotatable bonds is 7. The zero-order valence-corrected chi connectivity index (χ0v) is 21.4. The number of benzene rings is 2. The lowest BCUT2D eigenvalue weighted by molar-refractivity contribution is -0.126. The molecule has 0 saturated carbocycles. The van der Waals surface area contributed by atoms with Gasteiger partial charge in [0.1, 0.15) is 5.75 Å². The third-order valence-corrected chi connectivity index (χ3v) is 9.13. The van der Waals surface area contributed by atoms with E-state index < -0.39 is 10.0 Å². The first-order chi connectivity index (χ1) is 15.6. The number of hydrogen-bond acceptors (Lipinski definition) is 4. The summed E-state index contributed by atoms with van der Waals surface area (Å²) in [6.07, 6.45) is 1.76. The minimum absolute atomic E-state index is 0.0245. The maximum Gasteiger partial charge on any atom is 0.243 e. The average Bonchev–Trinajstić information content (AvgIpc) is 2.81. The number of para-hydroxylation sites is 1. The SMILES string of the molecule is CCC(NC(=O)C1CCN(S(=O)(=O)c2c(C)c(C)cc(C)c2C)CC1)c1ccccc1OC. The second-order valence-corrected chi connectivity index (χ2v) is 10.9. The second-order valence-electron chi connectivity index (χ2n) is 8.98. The summed E-state index contributed by atoms with van der Waals surface area (Å²) in [4.78, 5) is 13.5. The van der Waals surface area contributed by atoms with Crippen LogP contribution in [0.3, 0.4) is 0 Å². The number of piperidine rings is 1. The van der Waals surface area contributed by atoms with E-state index in [9.17, 15) is 13.2 Å². The van der Waals surface area contributed by atoms with E-state index in [2.05, 4.69) is 5.32 Å². The van der Waals surface area contributed by atoms with Crippen LogP contribution in [-0.4, -0.2) is 38.8 Å². The monoisotopic (exact) mass is 472 g/mol. The number of nitrogens with zero attached hydrogens (tertiary/aromatic N) is 1. The van der Waals surface area contributed by atoms with E-state index in [1.165, 1.54) is 0 Å². The molecule has 0 aliphatic carbocycles. The molecule has 1 heterocycles. The van der Waals surface area contributed by atoms with Crippen molar-refractivity contribution in [2.24, 2.45) is 5.92 Å². The maximum atomic E-state index is 13.5. The molecule has 1 unspecified atom stereocenters. The van der Waals surface area contributed by atoms with Crippen molar-refractivity contribution in [2.75, 3.05) is 20.2 Å². The molecule has 1 aliphatic rings. The van der Waals surface area contributed by atoms with Crippen LogP contribution in [0.25, 0.3) is 0 Å². The zero-order valence-electron chi connectivity index (χ0n) is 20.6. The molecule has 1 fully saturated rings. The smallest absolute Gasteiger partial charge is 0.243 e. The molecule has 7 heteroatoms. The van der Waals surface area contributed by atoms with Crippen molar-refractivity contribution in [3.8, 4) is 5.75 Å². The van der Waals surface area contributed by atoms with E-state index >= 15 is 0 Å². The molecule has 1 N–H and O–H groups in total. The summed E-state index contributed by atoms with van der Waals surface area (Å²) in [7, 11) is -1.98. The molecule has 0 spiro atoms. The highest BCUT2D eigenvalue weighted by molar-refractivity contribution is 7.89. The summed E-state index contributed by atoms with van der Waals surface area (Å²) >= 11 is 0. The Labute approximate surface area is 198 Å². The van der Waals surface area contributed by atoms with Crippen molar-refractivity contribution < 1.29 is 17.9 Å². The first-order valence-electron chi connectivity index (χ1n) is 11.6. The Kier molecular flexibility index (Phi) is 7.85. The van der Waals surface area contributed by atoms with Crippen molar-refractivity contribution in [1.29, 1.82) is 0 Å². The van der Waals surface area contributed by atoms with Gasteiger partial charge in [-0.15, -0.1) is 0 Å². The van der Waals surface area contributed by atoms with Crippen molar-refractivity contribution >= 4 is 15.9 Å². The number of sulfonamides is 1. The van der Waals surface area contributed by atoms with Crippen molar-refractivity contribution in [1.82, 2.24) is 9.62 Å². The molecule has 1 atom stereocenters. The number of nitrogens with one attached hydrogen (secondary N) is 1. The van der Waals surface area contributed by atoms with Crippen molar-refractivity contribution in [3.05, 3.63) is 58.1 Å². The average molecular weight is 473 g/mol. The van der Waals surface area contributed by atoms with E-state index in [4.69, 9.17) is 4.74 Å². The van der Waals surface area contributed by atoms with Gasteiger partial charge in [0, 0.05) is 24.6 Å². The van der Waals surface area contributed by atoms with Crippen molar-refractivity contribution in [2.45, 2.75) is 64.8 Å². The Morgan fingerprint density at radius 2 is 1.67 bits per heavy atom. The molecule has 1 amide bonds. The lowest BCUT2D eigenvalue weighted by Gasteiger charge is -2.32. The number of hydrogen-bond donors (Lipinski definition) is 1. The van der Waals surface area contributed by atoms with Gasteiger partial charge in [-0.25, -0.2) is 8.42 Å². The second kappa shape index (κ2) is 10.3. The number of carbonyl (C=O) groups excluding carboxylic acids is 1. The van der Waals surface area contributed by atoms with Gasteiger partial charge >= 0.3 is 0 Å². The zero-order chi connectivity index (χ0) is 24.3. The van der Waals surface area contributed by atoms with E-state index in [1.54, 1.807) is 11.4 Å². The Morgan fingerprint density at radius 3 is 2.21 bits per heavy atom. The fourth-order valence-corrected chi connectivity index (χ4v) is 6.74. The predicted octanol–water partition coefficient (Wildman–Crippen LogP) is 4.60. The number of carbonyl (C=O) groups is 1. The van der Waals surface area contributed by atoms with E-state index in [-0.39, 0.29) is 17.9 Å². The fourth-order valence-electron chi connectivity index (χ4n) is 4.70. The molecule has 0 radical (unpaired) electrons. The molecule has 1 saturated heterocycles. The molecule has 3 rings (SSSR count). The quantitative estimate of drug-likeness (QED) is 0.639. The van der Waals surface area contributed by atoms with Crippen LogP contribution in [0.1, 0.15) is 60.0 Å². The molecular weight excluding hydrogens is 436 g/mol. The number of methoxy groups -OCH3 is 1. The number of ether oxygens (including phenoxy) is 1. The van der Waals surface area contributed by atoms with Gasteiger partial charge < -0.3 is 10.1 Å². The largest absolute Gasteiger partial charge is 0.496 e. The fraction of sp³-hybridized carbons (Fsp3) is 0.500. The normalized spacial score (nSPS) is 16.4. The number of aryl methyl sites for hydroxylation is 2. The Bertz CT molecular complexity index is 1090. The lowest BCUT2D eigenvalue weighted by atomic mass is 9.95. The van der Waals surface area contributed by atoms with Gasteiger partial charge in [-0.1, -0.05) is 31.2 Å². The molecule has 6 nitrogen and oxygen atoms in total. The summed E-state index contributed by atoms with van der Waals surface area (Å²) in [5, 5.41) is 3.16. The lowest BCUT2D eigenvalue weighted by Crippen LogP contribution is -2.44. The molecule has 0 bridgehead atoms. The van der Waals surface area contributed by atoms with Gasteiger partial charge in [-0.2, -0.15) is 4.31 Å². The minimum Gasteiger partial charge on any atom is -0.496 e. The minimum atomic E-state index is -3.61. The molecule has 2 aromatic rings. The van der Waals surface area contributed by atoms with Gasteiger partial charge in [0.2, 0.25) is 15.9 Å².